The van der Waals surface area contributed by atoms with E-state index in [1.165, 1.54) is 0 Å². The monoisotopic (exact) mass is 536 g/mol. The predicted octanol–water partition coefficient (Wildman–Crippen LogP) is 2.62. The number of fused-ring (bicyclic) bond motifs is 1. The molecule has 10 heteroatoms. The van der Waals surface area contributed by atoms with Gasteiger partial charge in [-0.1, -0.05) is 70.2 Å². The van der Waals surface area contributed by atoms with Gasteiger partial charge in [-0.05, 0) is 42.4 Å². The van der Waals surface area contributed by atoms with Crippen molar-refractivity contribution in [1.29, 1.82) is 0 Å². The summed E-state index contributed by atoms with van der Waals surface area (Å²) < 4.78 is 0.883. The largest absolute Gasteiger partial charge is 0.480 e. The first-order chi connectivity index (χ1) is 18.5. The van der Waals surface area contributed by atoms with Gasteiger partial charge in [-0.3, -0.25) is 14.4 Å². The molecule has 0 saturated heterocycles. The van der Waals surface area contributed by atoms with E-state index in [-0.39, 0.29) is 36.5 Å². The minimum Gasteiger partial charge on any atom is -0.480 e. The van der Waals surface area contributed by atoms with Crippen LogP contribution in [-0.4, -0.2) is 44.5 Å². The molecule has 3 atom stereocenters. The van der Waals surface area contributed by atoms with Gasteiger partial charge in [0.05, 0.1) is 10.9 Å². The van der Waals surface area contributed by atoms with E-state index in [1.54, 1.807) is 48.5 Å². The second-order valence-electron chi connectivity index (χ2n) is 10.6. The predicted molar refractivity (Wildman–Crippen MR) is 148 cm³/mol. The Morgan fingerprint density at radius 2 is 1.38 bits per heavy atom. The summed E-state index contributed by atoms with van der Waals surface area (Å²) in [6, 6.07) is 12.0. The number of nitrogens with zero attached hydrogens (tertiary/aromatic N) is 1. The zero-order valence-corrected chi connectivity index (χ0v) is 22.6. The van der Waals surface area contributed by atoms with Crippen molar-refractivity contribution in [1.82, 2.24) is 20.2 Å². The maximum absolute atomic E-state index is 13.8. The van der Waals surface area contributed by atoms with Crippen LogP contribution in [0.15, 0.2) is 64.2 Å². The summed E-state index contributed by atoms with van der Waals surface area (Å²) >= 11 is 0. The van der Waals surface area contributed by atoms with Gasteiger partial charge in [0.2, 0.25) is 11.8 Å². The molecule has 2 amide bonds. The minimum absolute atomic E-state index is 0.0196. The van der Waals surface area contributed by atoms with E-state index in [4.69, 9.17) is 0 Å². The van der Waals surface area contributed by atoms with Crippen LogP contribution in [0.5, 0.6) is 0 Å². The molecule has 1 aromatic heterocycles. The number of carboxylic acids is 1. The Kier molecular flexibility index (Phi) is 9.81. The first-order valence-electron chi connectivity index (χ1n) is 13.1. The minimum atomic E-state index is -1.26. The fourth-order valence-electron chi connectivity index (χ4n) is 4.53. The molecule has 0 saturated carbocycles. The van der Waals surface area contributed by atoms with Gasteiger partial charge in [0.15, 0.2) is 0 Å². The second-order valence-corrected chi connectivity index (χ2v) is 10.6. The Morgan fingerprint density at radius 1 is 0.821 bits per heavy atom. The normalized spacial score (nSPS) is 13.7. The average Bonchev–Trinajstić information content (AvgIpc) is 2.87. The molecule has 0 aliphatic rings. The molecule has 10 nitrogen and oxygen atoms in total. The third-order valence-electron chi connectivity index (χ3n) is 6.38. The van der Waals surface area contributed by atoms with Crippen molar-refractivity contribution in [3.8, 4) is 0 Å². The molecule has 0 aliphatic carbocycles. The fourth-order valence-corrected chi connectivity index (χ4v) is 4.53. The summed E-state index contributed by atoms with van der Waals surface area (Å²) in [7, 11) is 0. The number of hydrogen-bond acceptors (Lipinski definition) is 5. The molecule has 0 radical (unpaired) electrons. The number of carboxylic acid groups (broad SMARTS) is 1. The van der Waals surface area contributed by atoms with Crippen LogP contribution in [-0.2, 0) is 20.8 Å². The molecular formula is C29H36N4O6. The molecule has 3 rings (SSSR count). The number of aliphatic carboxylic acids is 1. The SMILES string of the molecule is CC(C)C[C@H](NC(=O)[C@H](Cc1ccccc1)n1c(=O)[nH]c2ccccc2c1=O)C(=O)N[C@H](CC(C)C)C(=O)O. The molecule has 2 aromatic carbocycles. The molecule has 208 valence electrons. The lowest BCUT2D eigenvalue weighted by atomic mass is 9.99. The van der Waals surface area contributed by atoms with E-state index in [9.17, 15) is 29.1 Å². The lowest BCUT2D eigenvalue weighted by molar-refractivity contribution is -0.142. The lowest BCUT2D eigenvalue weighted by Gasteiger charge is -2.26. The second kappa shape index (κ2) is 13.0. The van der Waals surface area contributed by atoms with Crippen molar-refractivity contribution >= 4 is 28.7 Å². The Morgan fingerprint density at radius 3 is 2.00 bits per heavy atom. The number of hydrogen-bond donors (Lipinski definition) is 4. The number of amides is 2. The smallest absolute Gasteiger partial charge is 0.329 e. The number of carbonyl (C=O) groups is 3. The third kappa shape index (κ3) is 7.66. The van der Waals surface area contributed by atoms with E-state index in [0.717, 1.165) is 4.57 Å². The van der Waals surface area contributed by atoms with Crippen LogP contribution in [0, 0.1) is 11.8 Å². The zero-order chi connectivity index (χ0) is 28.7. The molecule has 0 spiro atoms. The number of benzene rings is 2. The number of rotatable bonds is 12. The van der Waals surface area contributed by atoms with Crippen LogP contribution >= 0.6 is 0 Å². The molecular weight excluding hydrogens is 500 g/mol. The third-order valence-corrected chi connectivity index (χ3v) is 6.38. The fraction of sp³-hybridized carbons (Fsp3) is 0.414. The van der Waals surface area contributed by atoms with E-state index >= 15 is 0 Å². The molecule has 0 unspecified atom stereocenters. The highest BCUT2D eigenvalue weighted by Gasteiger charge is 2.32. The Hall–Kier alpha value is -4.21. The maximum atomic E-state index is 13.8. The van der Waals surface area contributed by atoms with Crippen LogP contribution in [0.4, 0.5) is 0 Å². The molecule has 3 aromatic rings. The summed E-state index contributed by atoms with van der Waals surface area (Å²) in [5, 5.41) is 15.1. The first-order valence-corrected chi connectivity index (χ1v) is 13.1. The van der Waals surface area contributed by atoms with Gasteiger partial charge in [-0.15, -0.1) is 0 Å². The molecule has 0 aliphatic heterocycles. The standard InChI is InChI=1S/C29H36N4O6/c1-17(2)14-22(25(34)31-23(28(37)38)15-18(3)4)30-26(35)24(16-19-10-6-5-7-11-19)33-27(36)20-12-8-9-13-21(20)32-29(33)39/h5-13,17-18,22-24H,14-16H2,1-4H3,(H,30,35)(H,31,34)(H,32,39)(H,37,38)/t22-,23+,24-/m0/s1. The van der Waals surface area contributed by atoms with Crippen molar-refractivity contribution < 1.29 is 19.5 Å². The summed E-state index contributed by atoms with van der Waals surface area (Å²) in [6.45, 7) is 7.44. The lowest BCUT2D eigenvalue weighted by Crippen LogP contribution is -2.54. The van der Waals surface area contributed by atoms with Crippen molar-refractivity contribution in [2.24, 2.45) is 11.8 Å². The number of aromatic nitrogens is 2. The Balaban J connectivity index is 2.00. The van der Waals surface area contributed by atoms with E-state index < -0.39 is 47.2 Å². The average molecular weight is 537 g/mol. The van der Waals surface area contributed by atoms with Gasteiger partial charge in [-0.2, -0.15) is 0 Å². The van der Waals surface area contributed by atoms with Gasteiger partial charge < -0.3 is 20.7 Å². The highest BCUT2D eigenvalue weighted by Crippen LogP contribution is 2.16. The van der Waals surface area contributed by atoms with Gasteiger partial charge >= 0.3 is 11.7 Å². The van der Waals surface area contributed by atoms with Gasteiger partial charge in [0.25, 0.3) is 5.56 Å². The number of para-hydroxylation sites is 1. The van der Waals surface area contributed by atoms with E-state index in [0.29, 0.717) is 11.1 Å². The zero-order valence-electron chi connectivity index (χ0n) is 22.6. The van der Waals surface area contributed by atoms with E-state index in [2.05, 4.69) is 15.6 Å². The Labute approximate surface area is 226 Å². The van der Waals surface area contributed by atoms with Crippen LogP contribution in [0.2, 0.25) is 0 Å². The van der Waals surface area contributed by atoms with Crippen molar-refractivity contribution in [2.75, 3.05) is 0 Å². The summed E-state index contributed by atoms with van der Waals surface area (Å²) in [5.74, 6) is -2.50. The summed E-state index contributed by atoms with van der Waals surface area (Å²) in [5.41, 5.74) is -0.310. The number of carbonyl (C=O) groups excluding carboxylic acids is 2. The van der Waals surface area contributed by atoms with Crippen LogP contribution < -0.4 is 21.9 Å². The van der Waals surface area contributed by atoms with E-state index in [1.807, 2.05) is 33.8 Å². The van der Waals surface area contributed by atoms with Crippen molar-refractivity contribution in [2.45, 2.75) is 65.1 Å². The van der Waals surface area contributed by atoms with Gasteiger partial charge in [0, 0.05) is 6.42 Å². The molecule has 0 bridgehead atoms. The highest BCUT2D eigenvalue weighted by atomic mass is 16.4. The van der Waals surface area contributed by atoms with Crippen LogP contribution in [0.25, 0.3) is 10.9 Å². The van der Waals surface area contributed by atoms with Crippen LogP contribution in [0.1, 0.15) is 52.1 Å². The molecule has 0 fully saturated rings. The van der Waals surface area contributed by atoms with Crippen molar-refractivity contribution in [3.05, 3.63) is 81.0 Å². The number of nitrogens with one attached hydrogen (secondary N) is 3. The first kappa shape index (κ1) is 29.3. The maximum Gasteiger partial charge on any atom is 0.329 e. The van der Waals surface area contributed by atoms with Gasteiger partial charge in [-0.25, -0.2) is 14.2 Å². The molecule has 4 N–H and O–H groups in total. The number of H-pyrrole nitrogens is 1. The summed E-state index contributed by atoms with van der Waals surface area (Å²) in [6.07, 6.45) is 0.476. The Bertz CT molecular complexity index is 1430. The molecule has 1 heterocycles. The summed E-state index contributed by atoms with van der Waals surface area (Å²) in [4.78, 5) is 67.9. The topological polar surface area (TPSA) is 150 Å². The van der Waals surface area contributed by atoms with Crippen LogP contribution in [0.3, 0.4) is 0 Å². The number of aromatic amines is 1. The van der Waals surface area contributed by atoms with Gasteiger partial charge in [0.1, 0.15) is 18.1 Å². The quantitative estimate of drug-likeness (QED) is 0.279. The van der Waals surface area contributed by atoms with Crippen molar-refractivity contribution in [3.63, 3.8) is 0 Å². The molecule has 39 heavy (non-hydrogen) atoms. The highest BCUT2D eigenvalue weighted by molar-refractivity contribution is 5.91.